The van der Waals surface area contributed by atoms with E-state index in [1.807, 2.05) is 0 Å². The van der Waals surface area contributed by atoms with Crippen molar-refractivity contribution >= 4 is 60.2 Å². The van der Waals surface area contributed by atoms with Crippen molar-refractivity contribution in [1.29, 1.82) is 0 Å². The number of aliphatic imine (C=N–C) groups is 1. The lowest BCUT2D eigenvalue weighted by Gasteiger charge is -2.35. The number of rotatable bonds is 5. The first-order valence-electron chi connectivity index (χ1n) is 18.8. The number of nitrogens with one attached hydrogen (secondary N) is 2. The van der Waals surface area contributed by atoms with Crippen LogP contribution in [-0.2, 0) is 0 Å². The number of benzene rings is 7. The average Bonchev–Trinajstić information content (AvgIpc) is 3.75. The van der Waals surface area contributed by atoms with Crippen molar-refractivity contribution in [1.82, 2.24) is 19.8 Å². The van der Waals surface area contributed by atoms with Crippen molar-refractivity contribution in [3.05, 3.63) is 193 Å². The number of amidine groups is 1. The molecule has 3 unspecified atom stereocenters. The number of hydrogen-bond donors (Lipinski definition) is 2. The Labute approximate surface area is 313 Å². The molecule has 0 spiro atoms. The van der Waals surface area contributed by atoms with Gasteiger partial charge >= 0.3 is 0 Å². The fourth-order valence-corrected chi connectivity index (χ4v) is 8.83. The molecule has 2 N–H and O–H groups in total. The van der Waals surface area contributed by atoms with Gasteiger partial charge in [-0.25, -0.2) is 4.99 Å². The summed E-state index contributed by atoms with van der Waals surface area (Å²) in [6, 6.07) is 57.2. The highest BCUT2D eigenvalue weighted by molar-refractivity contribution is 6.19. The van der Waals surface area contributed by atoms with Crippen LogP contribution in [0.2, 0.25) is 0 Å². The molecule has 1 aliphatic heterocycles. The van der Waals surface area contributed by atoms with Gasteiger partial charge in [-0.1, -0.05) is 140 Å². The van der Waals surface area contributed by atoms with Crippen molar-refractivity contribution < 1.29 is 0 Å². The fourth-order valence-electron chi connectivity index (χ4n) is 8.83. The van der Waals surface area contributed by atoms with E-state index in [-0.39, 0.29) is 18.2 Å². The first-order valence-corrected chi connectivity index (χ1v) is 18.8. The Morgan fingerprint density at radius 3 is 1.93 bits per heavy atom. The van der Waals surface area contributed by atoms with Crippen LogP contribution in [0, 0.1) is 5.92 Å². The van der Waals surface area contributed by atoms with Crippen LogP contribution < -0.4 is 10.6 Å². The summed E-state index contributed by atoms with van der Waals surface area (Å²) in [5.41, 5.74) is 9.45. The van der Waals surface area contributed by atoms with Crippen molar-refractivity contribution in [3.63, 3.8) is 0 Å². The van der Waals surface area contributed by atoms with E-state index in [0.29, 0.717) is 0 Å². The number of allylic oxidation sites excluding steroid dienone is 3. The normalized spacial score (nSPS) is 18.5. The number of fused-ring (bicyclic) bond motifs is 7. The van der Waals surface area contributed by atoms with Gasteiger partial charge in [0.15, 0.2) is 0 Å². The molecule has 258 valence electrons. The van der Waals surface area contributed by atoms with Crippen LogP contribution in [0.5, 0.6) is 0 Å². The third-order valence-electron chi connectivity index (χ3n) is 11.3. The minimum atomic E-state index is -0.165. The maximum atomic E-state index is 5.23. The first kappa shape index (κ1) is 30.9. The number of para-hydroxylation sites is 3. The molecule has 11 rings (SSSR count). The maximum Gasteiger partial charge on any atom is 0.129 e. The summed E-state index contributed by atoms with van der Waals surface area (Å²) in [7, 11) is 0. The van der Waals surface area contributed by atoms with E-state index in [2.05, 4.69) is 202 Å². The van der Waals surface area contributed by atoms with E-state index in [4.69, 9.17) is 4.99 Å². The minimum Gasteiger partial charge on any atom is -0.354 e. The zero-order valence-electron chi connectivity index (χ0n) is 29.6. The fraction of sp³-hybridized carbons (Fsp3) is 0.0816. The Hall–Kier alpha value is -6.69. The van der Waals surface area contributed by atoms with Gasteiger partial charge in [-0.2, -0.15) is 0 Å². The second kappa shape index (κ2) is 12.5. The minimum absolute atomic E-state index is 0.139. The standard InChI is InChI=1S/C49H37N5/c1-4-16-32(17-5-1)47-50-48(33-18-6-2-7-19-33)52-49(51-47)39-26-14-25-36-35(39)24-15-29-44(36)54-43-28-13-11-23-38(43)41-30-40-37-22-10-12-27-42(37)53(45(40)31-46(41)54)34-20-8-3-9-21-34/h1-18,20-31,33,47,49,51H,19H2,(H,50,52). The van der Waals surface area contributed by atoms with Gasteiger partial charge in [-0.3, -0.25) is 5.32 Å². The summed E-state index contributed by atoms with van der Waals surface area (Å²) in [5.74, 6) is 1.22. The SMILES string of the molecule is C1=CCC(C2=NC(c3ccccc3)NC(c3cccc4c(-n5c6ccccc6c6cc7c8ccccc8n(-c8ccccc8)c7cc65)cccc34)N2)C=C1. The molecule has 54 heavy (non-hydrogen) atoms. The lowest BCUT2D eigenvalue weighted by molar-refractivity contribution is 0.401. The average molecular weight is 696 g/mol. The van der Waals surface area contributed by atoms with Crippen LogP contribution in [0.15, 0.2) is 187 Å². The molecule has 3 atom stereocenters. The van der Waals surface area contributed by atoms with E-state index >= 15 is 0 Å². The molecule has 2 aliphatic rings. The Bertz CT molecular complexity index is 2980. The molecular weight excluding hydrogens is 659 g/mol. The highest BCUT2D eigenvalue weighted by Gasteiger charge is 2.29. The van der Waals surface area contributed by atoms with E-state index in [0.717, 1.165) is 29.2 Å². The van der Waals surface area contributed by atoms with Crippen molar-refractivity contribution in [2.45, 2.75) is 18.8 Å². The van der Waals surface area contributed by atoms with Crippen LogP contribution in [0.3, 0.4) is 0 Å². The maximum absolute atomic E-state index is 5.23. The predicted octanol–water partition coefficient (Wildman–Crippen LogP) is 11.5. The van der Waals surface area contributed by atoms with E-state index < -0.39 is 0 Å². The Kier molecular flexibility index (Phi) is 7.13. The van der Waals surface area contributed by atoms with E-state index in [1.54, 1.807) is 0 Å². The zero-order valence-corrected chi connectivity index (χ0v) is 29.6. The van der Waals surface area contributed by atoms with Gasteiger partial charge in [0.25, 0.3) is 0 Å². The number of nitrogens with zero attached hydrogens (tertiary/aromatic N) is 3. The van der Waals surface area contributed by atoms with Crippen molar-refractivity contribution in [3.8, 4) is 11.4 Å². The van der Waals surface area contributed by atoms with Crippen molar-refractivity contribution in [2.75, 3.05) is 0 Å². The molecule has 0 saturated heterocycles. The smallest absolute Gasteiger partial charge is 0.129 e. The van der Waals surface area contributed by atoms with Gasteiger partial charge in [-0.05, 0) is 65.4 Å². The summed E-state index contributed by atoms with van der Waals surface area (Å²) in [6.07, 6.45) is 9.37. The Morgan fingerprint density at radius 2 is 1.17 bits per heavy atom. The Balaban J connectivity index is 1.12. The molecular formula is C49H37N5. The third kappa shape index (κ3) is 4.86. The summed E-state index contributed by atoms with van der Waals surface area (Å²) in [5, 5.41) is 15.1. The van der Waals surface area contributed by atoms with Crippen LogP contribution >= 0.6 is 0 Å². The number of aromatic nitrogens is 2. The quantitative estimate of drug-likeness (QED) is 0.188. The van der Waals surface area contributed by atoms with Crippen LogP contribution in [0.25, 0.3) is 65.8 Å². The van der Waals surface area contributed by atoms with Crippen molar-refractivity contribution in [2.24, 2.45) is 10.9 Å². The monoisotopic (exact) mass is 695 g/mol. The van der Waals surface area contributed by atoms with Gasteiger partial charge < -0.3 is 14.5 Å². The Morgan fingerprint density at radius 1 is 0.519 bits per heavy atom. The molecule has 0 radical (unpaired) electrons. The molecule has 0 bridgehead atoms. The first-order chi connectivity index (χ1) is 26.8. The van der Waals surface area contributed by atoms with Crippen LogP contribution in [0.4, 0.5) is 0 Å². The largest absolute Gasteiger partial charge is 0.354 e. The van der Waals surface area contributed by atoms with Crippen LogP contribution in [-0.4, -0.2) is 15.0 Å². The lowest BCUT2D eigenvalue weighted by atomic mass is 9.96. The summed E-state index contributed by atoms with van der Waals surface area (Å²) < 4.78 is 4.89. The van der Waals surface area contributed by atoms with Crippen LogP contribution in [0.1, 0.15) is 29.9 Å². The molecule has 7 aromatic carbocycles. The van der Waals surface area contributed by atoms with Gasteiger partial charge in [0.1, 0.15) is 18.2 Å². The molecule has 2 aromatic heterocycles. The highest BCUT2D eigenvalue weighted by atomic mass is 15.3. The van der Waals surface area contributed by atoms with Gasteiger partial charge in [0, 0.05) is 38.5 Å². The summed E-state index contributed by atoms with van der Waals surface area (Å²) in [6.45, 7) is 0. The summed E-state index contributed by atoms with van der Waals surface area (Å²) >= 11 is 0. The molecule has 0 saturated carbocycles. The molecule has 5 nitrogen and oxygen atoms in total. The predicted molar refractivity (Wildman–Crippen MR) is 225 cm³/mol. The molecule has 9 aromatic rings. The third-order valence-corrected chi connectivity index (χ3v) is 11.3. The second-order valence-electron chi connectivity index (χ2n) is 14.4. The topological polar surface area (TPSA) is 46.3 Å². The second-order valence-corrected chi connectivity index (χ2v) is 14.4. The van der Waals surface area contributed by atoms with Gasteiger partial charge in [0.05, 0.1) is 27.8 Å². The highest BCUT2D eigenvalue weighted by Crippen LogP contribution is 2.41. The molecule has 1 aliphatic carbocycles. The molecule has 3 heterocycles. The molecule has 0 fully saturated rings. The van der Waals surface area contributed by atoms with E-state index in [1.165, 1.54) is 59.9 Å². The van der Waals surface area contributed by atoms with Gasteiger partial charge in [0.2, 0.25) is 0 Å². The molecule has 0 amide bonds. The van der Waals surface area contributed by atoms with E-state index in [9.17, 15) is 0 Å². The van der Waals surface area contributed by atoms with Gasteiger partial charge in [-0.15, -0.1) is 0 Å². The number of hydrogen-bond acceptors (Lipinski definition) is 3. The lowest BCUT2D eigenvalue weighted by Crippen LogP contribution is -2.47. The zero-order chi connectivity index (χ0) is 35.6. The molecule has 5 heteroatoms. The summed E-state index contributed by atoms with van der Waals surface area (Å²) in [4.78, 5) is 5.23.